The summed E-state index contributed by atoms with van der Waals surface area (Å²) in [5, 5.41) is 17.8. The summed E-state index contributed by atoms with van der Waals surface area (Å²) < 4.78 is 27.5. The SMILES string of the molecule is C[Si](C)(C)CCOCn1ncc2cc(NC(=O)OC(c3cc(F)cc(Cl)c3)C3CCCCN3C(=O)O)ccc21. The van der Waals surface area contributed by atoms with Crippen LogP contribution in [0.2, 0.25) is 30.7 Å². The van der Waals surface area contributed by atoms with Crippen LogP contribution in [0.4, 0.5) is 19.7 Å². The number of rotatable bonds is 9. The van der Waals surface area contributed by atoms with E-state index < -0.39 is 38.2 Å². The number of fused-ring (bicyclic) bond motifs is 1. The maximum absolute atomic E-state index is 14.2. The van der Waals surface area contributed by atoms with Gasteiger partial charge in [0.25, 0.3) is 0 Å². The van der Waals surface area contributed by atoms with E-state index in [0.717, 1.165) is 29.4 Å². The van der Waals surface area contributed by atoms with Gasteiger partial charge in [-0.25, -0.2) is 18.7 Å². The number of carbonyl (C=O) groups excluding carboxylic acids is 1. The predicted molar refractivity (Wildman–Crippen MR) is 150 cm³/mol. The largest absolute Gasteiger partial charge is 0.465 e. The fraction of sp³-hybridized carbons (Fsp3) is 0.444. The van der Waals surface area contributed by atoms with Gasteiger partial charge in [0.1, 0.15) is 18.7 Å². The molecule has 2 N–H and O–H groups in total. The average molecular weight is 577 g/mol. The number of amides is 2. The molecule has 0 radical (unpaired) electrons. The Bertz CT molecular complexity index is 1310. The van der Waals surface area contributed by atoms with E-state index >= 15 is 0 Å². The van der Waals surface area contributed by atoms with Crippen LogP contribution in [0.15, 0.2) is 42.6 Å². The van der Waals surface area contributed by atoms with Crippen molar-refractivity contribution < 1.29 is 28.6 Å². The molecule has 2 heterocycles. The van der Waals surface area contributed by atoms with Crippen molar-refractivity contribution in [1.82, 2.24) is 14.7 Å². The van der Waals surface area contributed by atoms with Crippen LogP contribution in [0.5, 0.6) is 0 Å². The van der Waals surface area contributed by atoms with E-state index in [2.05, 4.69) is 30.1 Å². The minimum Gasteiger partial charge on any atom is -0.465 e. The molecule has 12 heteroatoms. The summed E-state index contributed by atoms with van der Waals surface area (Å²) in [4.78, 5) is 26.2. The lowest BCUT2D eigenvalue weighted by Gasteiger charge is -2.38. The molecule has 1 aliphatic rings. The van der Waals surface area contributed by atoms with Crippen molar-refractivity contribution in [3.63, 3.8) is 0 Å². The molecule has 1 aliphatic heterocycles. The van der Waals surface area contributed by atoms with Gasteiger partial charge in [0.05, 0.1) is 17.8 Å². The number of nitrogens with one attached hydrogen (secondary N) is 1. The molecule has 39 heavy (non-hydrogen) atoms. The molecule has 0 saturated carbocycles. The lowest BCUT2D eigenvalue weighted by atomic mass is 9.93. The highest BCUT2D eigenvalue weighted by Gasteiger charge is 2.37. The zero-order valence-electron chi connectivity index (χ0n) is 22.3. The van der Waals surface area contributed by atoms with Crippen molar-refractivity contribution in [2.45, 2.75) is 63.8 Å². The first-order valence-electron chi connectivity index (χ1n) is 13.0. The van der Waals surface area contributed by atoms with Gasteiger partial charge in [0, 0.05) is 37.3 Å². The van der Waals surface area contributed by atoms with E-state index in [4.69, 9.17) is 21.1 Å². The number of aromatic nitrogens is 2. The molecule has 9 nitrogen and oxygen atoms in total. The Labute approximate surface area is 232 Å². The van der Waals surface area contributed by atoms with E-state index in [0.29, 0.717) is 44.0 Å². The molecule has 0 bridgehead atoms. The van der Waals surface area contributed by atoms with Crippen molar-refractivity contribution in [2.75, 3.05) is 18.5 Å². The second-order valence-corrected chi connectivity index (χ2v) is 17.0. The van der Waals surface area contributed by atoms with E-state index in [1.807, 2.05) is 6.07 Å². The summed E-state index contributed by atoms with van der Waals surface area (Å²) in [5.41, 5.74) is 1.62. The number of halogens is 2. The van der Waals surface area contributed by atoms with Gasteiger partial charge < -0.3 is 19.5 Å². The monoisotopic (exact) mass is 576 g/mol. The van der Waals surface area contributed by atoms with Crippen LogP contribution in [0.1, 0.15) is 30.9 Å². The summed E-state index contributed by atoms with van der Waals surface area (Å²) in [6.45, 7) is 8.21. The van der Waals surface area contributed by atoms with Crippen molar-refractivity contribution in [3.8, 4) is 0 Å². The number of hydrogen-bond acceptors (Lipinski definition) is 5. The standard InChI is InChI=1S/C27H34ClFN4O5Si/c1-39(2,3)11-10-37-17-33-23-8-7-22(14-19(23)16-30-33)31-26(34)38-25(18-12-20(28)15-21(29)13-18)24-6-4-5-9-32(24)27(35)36/h7-8,12-16,24-25H,4-6,9-11,17H2,1-3H3,(H,31,34)(H,35,36). The van der Waals surface area contributed by atoms with Gasteiger partial charge in [-0.1, -0.05) is 31.2 Å². The topological polar surface area (TPSA) is 106 Å². The molecular formula is C27H34ClFN4O5Si. The molecule has 2 amide bonds. The molecule has 210 valence electrons. The Morgan fingerprint density at radius 3 is 2.74 bits per heavy atom. The number of anilines is 1. The number of carbonyl (C=O) groups is 2. The number of ether oxygens (including phenoxy) is 2. The number of likely N-dealkylation sites (tertiary alicyclic amines) is 1. The molecule has 2 aromatic carbocycles. The van der Waals surface area contributed by atoms with E-state index in [9.17, 15) is 19.1 Å². The van der Waals surface area contributed by atoms with E-state index in [-0.39, 0.29) is 5.02 Å². The van der Waals surface area contributed by atoms with Crippen LogP contribution < -0.4 is 5.32 Å². The van der Waals surface area contributed by atoms with Gasteiger partial charge in [-0.15, -0.1) is 0 Å². The van der Waals surface area contributed by atoms with Gasteiger partial charge in [-0.05, 0) is 67.3 Å². The maximum atomic E-state index is 14.2. The van der Waals surface area contributed by atoms with Crippen LogP contribution in [0.3, 0.4) is 0 Å². The van der Waals surface area contributed by atoms with Gasteiger partial charge >= 0.3 is 12.2 Å². The van der Waals surface area contributed by atoms with E-state index in [1.165, 1.54) is 17.0 Å². The summed E-state index contributed by atoms with van der Waals surface area (Å²) in [6, 6.07) is 9.55. The van der Waals surface area contributed by atoms with Gasteiger partial charge in [0.15, 0.2) is 0 Å². The van der Waals surface area contributed by atoms with Crippen LogP contribution in [-0.4, -0.2) is 59.2 Å². The quantitative estimate of drug-likeness (QED) is 0.211. The van der Waals surface area contributed by atoms with Crippen LogP contribution in [0, 0.1) is 5.82 Å². The first kappa shape index (κ1) is 28.8. The molecule has 1 fully saturated rings. The van der Waals surface area contributed by atoms with E-state index in [1.54, 1.807) is 23.0 Å². The Morgan fingerprint density at radius 2 is 2.03 bits per heavy atom. The second kappa shape index (κ2) is 12.4. The van der Waals surface area contributed by atoms with Crippen molar-refractivity contribution in [1.29, 1.82) is 0 Å². The predicted octanol–water partition coefficient (Wildman–Crippen LogP) is 6.96. The molecule has 1 saturated heterocycles. The first-order valence-corrected chi connectivity index (χ1v) is 17.1. The lowest BCUT2D eigenvalue weighted by Crippen LogP contribution is -2.47. The van der Waals surface area contributed by atoms with Crippen LogP contribution in [0.25, 0.3) is 10.9 Å². The highest BCUT2D eigenvalue weighted by molar-refractivity contribution is 6.76. The van der Waals surface area contributed by atoms with Crippen LogP contribution >= 0.6 is 11.6 Å². The van der Waals surface area contributed by atoms with Crippen molar-refractivity contribution in [2.24, 2.45) is 0 Å². The summed E-state index contributed by atoms with van der Waals surface area (Å²) in [6.07, 6.45) is 0.640. The zero-order valence-corrected chi connectivity index (χ0v) is 24.1. The van der Waals surface area contributed by atoms with Crippen molar-refractivity contribution in [3.05, 3.63) is 59.0 Å². The molecule has 0 spiro atoms. The van der Waals surface area contributed by atoms with Crippen LogP contribution in [-0.2, 0) is 16.2 Å². The first-order chi connectivity index (χ1) is 18.5. The third kappa shape index (κ3) is 7.71. The molecule has 1 aromatic heterocycles. The third-order valence-corrected chi connectivity index (χ3v) is 8.61. The smallest absolute Gasteiger partial charge is 0.412 e. The molecular weight excluding hydrogens is 543 g/mol. The third-order valence-electron chi connectivity index (χ3n) is 6.69. The summed E-state index contributed by atoms with van der Waals surface area (Å²) in [7, 11) is -1.18. The normalized spacial score (nSPS) is 16.7. The zero-order chi connectivity index (χ0) is 28.2. The summed E-state index contributed by atoms with van der Waals surface area (Å²) >= 11 is 6.07. The fourth-order valence-electron chi connectivity index (χ4n) is 4.68. The Hall–Kier alpha value is -3.15. The lowest BCUT2D eigenvalue weighted by molar-refractivity contribution is 0.0177. The molecule has 4 rings (SSSR count). The minimum atomic E-state index is -1.18. The molecule has 0 aliphatic carbocycles. The van der Waals surface area contributed by atoms with Crippen molar-refractivity contribution >= 4 is 48.5 Å². The van der Waals surface area contributed by atoms with Gasteiger partial charge in [0.2, 0.25) is 0 Å². The number of piperidine rings is 1. The number of nitrogens with zero attached hydrogens (tertiary/aromatic N) is 3. The summed E-state index contributed by atoms with van der Waals surface area (Å²) in [5.74, 6) is -0.601. The number of carboxylic acid groups (broad SMARTS) is 1. The molecule has 2 unspecified atom stereocenters. The molecule has 2 atom stereocenters. The molecule has 3 aromatic rings. The highest BCUT2D eigenvalue weighted by Crippen LogP contribution is 2.34. The van der Waals surface area contributed by atoms with Gasteiger partial charge in [-0.3, -0.25) is 5.32 Å². The Balaban J connectivity index is 1.48. The van der Waals surface area contributed by atoms with Gasteiger partial charge in [-0.2, -0.15) is 5.10 Å². The second-order valence-electron chi connectivity index (χ2n) is 11.0. The highest BCUT2D eigenvalue weighted by atomic mass is 35.5. The number of hydrogen-bond donors (Lipinski definition) is 2. The Morgan fingerprint density at radius 1 is 1.23 bits per heavy atom. The maximum Gasteiger partial charge on any atom is 0.412 e. The number of benzene rings is 2. The average Bonchev–Trinajstić information content (AvgIpc) is 3.26. The Kier molecular flexibility index (Phi) is 9.14. The minimum absolute atomic E-state index is 0.128. The fourth-order valence-corrected chi connectivity index (χ4v) is 5.66.